The Morgan fingerprint density at radius 3 is 2.96 bits per heavy atom. The maximum Gasteiger partial charge on any atom is 0.277 e. The molecule has 0 saturated heterocycles. The van der Waals surface area contributed by atoms with Gasteiger partial charge in [-0.25, -0.2) is 0 Å². The minimum Gasteiger partial charge on any atom is -0.493 e. The molecule has 0 aliphatic heterocycles. The molecule has 4 rings (SSSR count). The average Bonchev–Trinajstić information content (AvgIpc) is 3.30. The topological polar surface area (TPSA) is 54.1 Å². The number of aryl methyl sites for hydroxylation is 2. The van der Waals surface area contributed by atoms with Crippen molar-refractivity contribution in [2.24, 2.45) is 0 Å². The molecule has 4 nitrogen and oxygen atoms in total. The lowest BCUT2D eigenvalue weighted by Crippen LogP contribution is -2.17. The van der Waals surface area contributed by atoms with Gasteiger partial charge in [0.25, 0.3) is 5.91 Å². The molecule has 1 aromatic heterocycles. The van der Waals surface area contributed by atoms with E-state index in [0.29, 0.717) is 12.3 Å². The van der Waals surface area contributed by atoms with Crippen LogP contribution in [0.3, 0.4) is 0 Å². The summed E-state index contributed by atoms with van der Waals surface area (Å²) >= 11 is 1.32. The van der Waals surface area contributed by atoms with Crippen LogP contribution in [0.5, 0.6) is 5.75 Å². The molecule has 1 amide bonds. The molecule has 0 unspecified atom stereocenters. The third kappa shape index (κ3) is 3.69. The third-order valence-corrected chi connectivity index (χ3v) is 5.56. The molecule has 5 heteroatoms. The second kappa shape index (κ2) is 8.09. The highest BCUT2D eigenvalue weighted by atomic mass is 32.2. The number of nitrogens with one attached hydrogen (secondary N) is 2. The summed E-state index contributed by atoms with van der Waals surface area (Å²) in [5, 5.41) is 1.12. The van der Waals surface area contributed by atoms with Gasteiger partial charge >= 0.3 is 0 Å². The smallest absolute Gasteiger partial charge is 0.277 e. The van der Waals surface area contributed by atoms with Crippen LogP contribution in [-0.2, 0) is 19.3 Å². The summed E-state index contributed by atoms with van der Waals surface area (Å²) in [7, 11) is 0. The number of hydrogen-bond donors (Lipinski definition) is 2. The molecular weight excluding hydrogens is 356 g/mol. The van der Waals surface area contributed by atoms with E-state index in [0.717, 1.165) is 47.9 Å². The van der Waals surface area contributed by atoms with E-state index in [-0.39, 0.29) is 5.91 Å². The van der Waals surface area contributed by atoms with Crippen molar-refractivity contribution in [2.75, 3.05) is 12.9 Å². The number of benzene rings is 2. The van der Waals surface area contributed by atoms with Crippen LogP contribution in [-0.4, -0.2) is 23.8 Å². The van der Waals surface area contributed by atoms with E-state index < -0.39 is 0 Å². The zero-order valence-corrected chi connectivity index (χ0v) is 16.3. The van der Waals surface area contributed by atoms with E-state index in [1.807, 2.05) is 24.5 Å². The van der Waals surface area contributed by atoms with Gasteiger partial charge in [-0.05, 0) is 60.9 Å². The summed E-state index contributed by atoms with van der Waals surface area (Å²) in [5.74, 6) is 0.958. The lowest BCUT2D eigenvalue weighted by atomic mass is 10.1. The molecule has 0 fully saturated rings. The number of aromatic amines is 1. The minimum absolute atomic E-state index is 0.0736. The molecule has 2 N–H and O–H groups in total. The van der Waals surface area contributed by atoms with Crippen molar-refractivity contribution in [1.82, 2.24) is 9.71 Å². The van der Waals surface area contributed by atoms with Gasteiger partial charge in [0.1, 0.15) is 11.4 Å². The molecule has 1 heterocycles. The summed E-state index contributed by atoms with van der Waals surface area (Å²) in [6.07, 6.45) is 7.02. The number of rotatable bonds is 7. The van der Waals surface area contributed by atoms with Crippen molar-refractivity contribution in [3.63, 3.8) is 0 Å². The van der Waals surface area contributed by atoms with Gasteiger partial charge in [-0.1, -0.05) is 42.3 Å². The Kier molecular flexibility index (Phi) is 5.39. The molecule has 0 atom stereocenters. The van der Waals surface area contributed by atoms with Crippen LogP contribution >= 0.6 is 11.9 Å². The minimum atomic E-state index is -0.0736. The maximum absolute atomic E-state index is 12.4. The molecule has 0 radical (unpaired) electrons. The molecule has 0 spiro atoms. The Morgan fingerprint density at radius 1 is 1.19 bits per heavy atom. The van der Waals surface area contributed by atoms with Crippen molar-refractivity contribution >= 4 is 28.8 Å². The van der Waals surface area contributed by atoms with Gasteiger partial charge in [-0.3, -0.25) is 9.52 Å². The normalized spacial score (nSPS) is 12.9. The highest BCUT2D eigenvalue weighted by Crippen LogP contribution is 2.30. The van der Waals surface area contributed by atoms with Gasteiger partial charge in [0.2, 0.25) is 0 Å². The monoisotopic (exact) mass is 380 g/mol. The highest BCUT2D eigenvalue weighted by Gasteiger charge is 2.18. The molecule has 0 bridgehead atoms. The van der Waals surface area contributed by atoms with Crippen molar-refractivity contribution in [1.29, 1.82) is 0 Å². The number of para-hydroxylation sites is 1. The van der Waals surface area contributed by atoms with Gasteiger partial charge in [0.15, 0.2) is 0 Å². The Hall–Kier alpha value is -2.40. The second-order valence-corrected chi connectivity index (χ2v) is 7.47. The first-order valence-electron chi connectivity index (χ1n) is 9.44. The maximum atomic E-state index is 12.4. The average molecular weight is 381 g/mol. The largest absolute Gasteiger partial charge is 0.493 e. The fraction of sp³-hybridized carbons (Fsp3) is 0.318. The van der Waals surface area contributed by atoms with Gasteiger partial charge in [-0.15, -0.1) is 0 Å². The Balaban J connectivity index is 1.46. The van der Waals surface area contributed by atoms with E-state index in [1.54, 1.807) is 0 Å². The van der Waals surface area contributed by atoms with Gasteiger partial charge < -0.3 is 9.72 Å². The van der Waals surface area contributed by atoms with Crippen LogP contribution in [0.4, 0.5) is 0 Å². The zero-order chi connectivity index (χ0) is 18.6. The van der Waals surface area contributed by atoms with Crippen LogP contribution < -0.4 is 9.46 Å². The number of aromatic nitrogens is 1. The number of amides is 1. The van der Waals surface area contributed by atoms with Crippen LogP contribution in [0.1, 0.15) is 40.0 Å². The molecule has 2 aromatic carbocycles. The first kappa shape index (κ1) is 18.0. The van der Waals surface area contributed by atoms with Crippen LogP contribution in [0.2, 0.25) is 0 Å². The molecular formula is C22H24N2O2S. The number of ether oxygens (including phenoxy) is 1. The number of hydrogen-bond acceptors (Lipinski definition) is 3. The van der Waals surface area contributed by atoms with Gasteiger partial charge in [0.05, 0.1) is 6.61 Å². The number of carbonyl (C=O) groups is 1. The van der Waals surface area contributed by atoms with E-state index in [9.17, 15) is 4.79 Å². The highest BCUT2D eigenvalue weighted by molar-refractivity contribution is 7.97. The Morgan fingerprint density at radius 2 is 2.07 bits per heavy atom. The SMILES string of the molecule is CSNC(=O)c1[nH]c2ccccc2c1CCCOc1cccc2c1CCC2. The third-order valence-electron chi connectivity index (χ3n) is 5.17. The number of carbonyl (C=O) groups excluding carboxylic acids is 1. The fourth-order valence-corrected chi connectivity index (χ4v) is 4.24. The first-order chi connectivity index (χ1) is 13.3. The van der Waals surface area contributed by atoms with Gasteiger partial charge in [0, 0.05) is 17.2 Å². The zero-order valence-electron chi connectivity index (χ0n) is 15.5. The fourth-order valence-electron chi connectivity index (χ4n) is 3.95. The molecule has 27 heavy (non-hydrogen) atoms. The van der Waals surface area contributed by atoms with Crippen LogP contribution in [0, 0.1) is 0 Å². The van der Waals surface area contributed by atoms with Crippen molar-refractivity contribution < 1.29 is 9.53 Å². The Labute approximate surface area is 163 Å². The van der Waals surface area contributed by atoms with Crippen molar-refractivity contribution in [3.8, 4) is 5.75 Å². The summed E-state index contributed by atoms with van der Waals surface area (Å²) < 4.78 is 8.92. The summed E-state index contributed by atoms with van der Waals surface area (Å²) in [6, 6.07) is 14.5. The number of fused-ring (bicyclic) bond motifs is 2. The predicted octanol–water partition coefficient (Wildman–Crippen LogP) is 4.68. The summed E-state index contributed by atoms with van der Waals surface area (Å²) in [4.78, 5) is 15.7. The van der Waals surface area contributed by atoms with E-state index in [1.165, 1.54) is 29.5 Å². The molecule has 1 aliphatic rings. The lowest BCUT2D eigenvalue weighted by Gasteiger charge is -2.11. The van der Waals surface area contributed by atoms with Crippen molar-refractivity contribution in [3.05, 3.63) is 64.8 Å². The lowest BCUT2D eigenvalue weighted by molar-refractivity contribution is 0.0979. The number of H-pyrrole nitrogens is 1. The molecule has 3 aromatic rings. The summed E-state index contributed by atoms with van der Waals surface area (Å²) in [5.41, 5.74) is 5.54. The summed E-state index contributed by atoms with van der Waals surface area (Å²) in [6.45, 7) is 0.652. The molecule has 1 aliphatic carbocycles. The first-order valence-corrected chi connectivity index (χ1v) is 10.7. The second-order valence-electron chi connectivity index (χ2n) is 6.86. The van der Waals surface area contributed by atoms with Crippen molar-refractivity contribution in [2.45, 2.75) is 32.1 Å². The van der Waals surface area contributed by atoms with E-state index in [4.69, 9.17) is 4.74 Å². The Bertz CT molecular complexity index is 964. The van der Waals surface area contributed by atoms with E-state index >= 15 is 0 Å². The van der Waals surface area contributed by atoms with E-state index in [2.05, 4.69) is 34.0 Å². The standard InChI is InChI=1S/C22H24N2O2S/c1-27-24-22(25)21-18(17-9-2-3-12-19(17)23-21)11-6-14-26-20-13-5-8-15-7-4-10-16(15)20/h2-3,5,8-9,12-13,23H,4,6-7,10-11,14H2,1H3,(H,24,25). The quantitative estimate of drug-likeness (QED) is 0.462. The van der Waals surface area contributed by atoms with Crippen LogP contribution in [0.15, 0.2) is 42.5 Å². The molecule has 0 saturated carbocycles. The van der Waals surface area contributed by atoms with Crippen LogP contribution in [0.25, 0.3) is 10.9 Å². The molecule has 140 valence electrons. The van der Waals surface area contributed by atoms with Gasteiger partial charge in [-0.2, -0.15) is 0 Å². The predicted molar refractivity (Wildman–Crippen MR) is 112 cm³/mol.